The summed E-state index contributed by atoms with van der Waals surface area (Å²) in [6.07, 6.45) is 4.97. The van der Waals surface area contributed by atoms with Crippen LogP contribution in [-0.4, -0.2) is 21.0 Å². The SMILES string of the molecule is O=C(O)c1ccc(Nc2ncnc3sc4c(c23)CCC4)cc1. The number of aromatic carboxylic acids is 1. The molecule has 2 N–H and O–H groups in total. The first kappa shape index (κ1) is 13.2. The van der Waals surface area contributed by atoms with Crippen LogP contribution in [0.2, 0.25) is 0 Å². The predicted octanol–water partition coefficient (Wildman–Crippen LogP) is 3.62. The van der Waals surface area contributed by atoms with Crippen molar-refractivity contribution in [1.29, 1.82) is 0 Å². The fourth-order valence-electron chi connectivity index (χ4n) is 2.86. The molecule has 2 aromatic heterocycles. The number of carbonyl (C=O) groups is 1. The van der Waals surface area contributed by atoms with E-state index in [0.717, 1.165) is 34.6 Å². The molecule has 110 valence electrons. The van der Waals surface area contributed by atoms with Crippen molar-refractivity contribution in [3.05, 3.63) is 46.6 Å². The summed E-state index contributed by atoms with van der Waals surface area (Å²) in [5.74, 6) is -0.126. The number of aromatic nitrogens is 2. The molecule has 5 nitrogen and oxygen atoms in total. The Morgan fingerprint density at radius 2 is 2.00 bits per heavy atom. The Hall–Kier alpha value is -2.47. The maximum absolute atomic E-state index is 10.9. The highest BCUT2D eigenvalue weighted by Gasteiger charge is 2.21. The highest BCUT2D eigenvalue weighted by molar-refractivity contribution is 7.19. The second-order valence-corrected chi connectivity index (χ2v) is 6.35. The van der Waals surface area contributed by atoms with Gasteiger partial charge in [0.1, 0.15) is 17.0 Å². The Morgan fingerprint density at radius 1 is 1.18 bits per heavy atom. The lowest BCUT2D eigenvalue weighted by Gasteiger charge is -2.08. The fourth-order valence-corrected chi connectivity index (χ4v) is 4.09. The van der Waals surface area contributed by atoms with Crippen LogP contribution in [0.15, 0.2) is 30.6 Å². The Labute approximate surface area is 130 Å². The van der Waals surface area contributed by atoms with Crippen molar-refractivity contribution in [2.45, 2.75) is 19.3 Å². The molecular formula is C16H13N3O2S. The molecule has 22 heavy (non-hydrogen) atoms. The number of fused-ring (bicyclic) bond motifs is 3. The van der Waals surface area contributed by atoms with Gasteiger partial charge in [-0.05, 0) is 49.1 Å². The van der Waals surface area contributed by atoms with Crippen molar-refractivity contribution in [2.24, 2.45) is 0 Å². The number of nitrogens with zero attached hydrogens (tertiary/aromatic N) is 2. The zero-order valence-electron chi connectivity index (χ0n) is 11.7. The van der Waals surface area contributed by atoms with Gasteiger partial charge in [-0.1, -0.05) is 0 Å². The standard InChI is InChI=1S/C16H13N3O2S/c20-16(21)9-4-6-10(7-5-9)19-14-13-11-2-1-3-12(11)22-15(13)18-8-17-14/h4-8H,1-3H2,(H,20,21)(H,17,18,19). The lowest BCUT2D eigenvalue weighted by Crippen LogP contribution is -1.98. The van der Waals surface area contributed by atoms with Crippen LogP contribution in [0.5, 0.6) is 0 Å². The molecule has 0 amide bonds. The highest BCUT2D eigenvalue weighted by atomic mass is 32.1. The van der Waals surface area contributed by atoms with E-state index >= 15 is 0 Å². The van der Waals surface area contributed by atoms with Gasteiger partial charge in [-0.3, -0.25) is 0 Å². The largest absolute Gasteiger partial charge is 0.478 e. The van der Waals surface area contributed by atoms with E-state index in [-0.39, 0.29) is 5.56 Å². The molecular weight excluding hydrogens is 298 g/mol. The molecule has 4 rings (SSSR count). The summed E-state index contributed by atoms with van der Waals surface area (Å²) in [4.78, 5) is 22.1. The first-order valence-corrected chi connectivity index (χ1v) is 7.89. The van der Waals surface area contributed by atoms with Gasteiger partial charge >= 0.3 is 5.97 Å². The quantitative estimate of drug-likeness (QED) is 0.772. The van der Waals surface area contributed by atoms with E-state index in [1.54, 1.807) is 41.9 Å². The Morgan fingerprint density at radius 3 is 2.77 bits per heavy atom. The van der Waals surface area contributed by atoms with Crippen molar-refractivity contribution in [1.82, 2.24) is 9.97 Å². The summed E-state index contributed by atoms with van der Waals surface area (Å²) in [7, 11) is 0. The molecule has 2 heterocycles. The normalized spacial score (nSPS) is 13.3. The van der Waals surface area contributed by atoms with Gasteiger partial charge in [0.25, 0.3) is 0 Å². The number of hydrogen-bond donors (Lipinski definition) is 2. The Balaban J connectivity index is 1.73. The van der Waals surface area contributed by atoms with Gasteiger partial charge in [-0.15, -0.1) is 11.3 Å². The molecule has 0 fully saturated rings. The van der Waals surface area contributed by atoms with Crippen LogP contribution in [-0.2, 0) is 12.8 Å². The van der Waals surface area contributed by atoms with Gasteiger partial charge in [0.05, 0.1) is 10.9 Å². The molecule has 0 spiro atoms. The summed E-state index contributed by atoms with van der Waals surface area (Å²) >= 11 is 1.75. The summed E-state index contributed by atoms with van der Waals surface area (Å²) in [5.41, 5.74) is 2.46. The molecule has 0 saturated heterocycles. The zero-order chi connectivity index (χ0) is 15.1. The van der Waals surface area contributed by atoms with Crippen LogP contribution in [0, 0.1) is 0 Å². The first-order valence-electron chi connectivity index (χ1n) is 7.08. The molecule has 0 atom stereocenters. The van der Waals surface area contributed by atoms with E-state index < -0.39 is 5.97 Å². The zero-order valence-corrected chi connectivity index (χ0v) is 12.5. The summed E-state index contributed by atoms with van der Waals surface area (Å²) in [6.45, 7) is 0. The van der Waals surface area contributed by atoms with E-state index in [2.05, 4.69) is 15.3 Å². The van der Waals surface area contributed by atoms with E-state index in [0.29, 0.717) is 0 Å². The van der Waals surface area contributed by atoms with Gasteiger partial charge < -0.3 is 10.4 Å². The van der Waals surface area contributed by atoms with Crippen LogP contribution in [0.25, 0.3) is 10.2 Å². The van der Waals surface area contributed by atoms with Gasteiger partial charge in [0, 0.05) is 10.6 Å². The number of rotatable bonds is 3. The molecule has 0 bridgehead atoms. The molecule has 0 saturated carbocycles. The first-order chi connectivity index (χ1) is 10.7. The Kier molecular flexibility index (Phi) is 3.04. The monoisotopic (exact) mass is 311 g/mol. The van der Waals surface area contributed by atoms with Crippen molar-refractivity contribution in [3.63, 3.8) is 0 Å². The highest BCUT2D eigenvalue weighted by Crippen LogP contribution is 2.39. The van der Waals surface area contributed by atoms with E-state index in [1.807, 2.05) is 0 Å². The number of hydrogen-bond acceptors (Lipinski definition) is 5. The molecule has 0 radical (unpaired) electrons. The van der Waals surface area contributed by atoms with Gasteiger partial charge in [-0.25, -0.2) is 14.8 Å². The summed E-state index contributed by atoms with van der Waals surface area (Å²) in [5, 5.41) is 13.3. The number of carboxylic acid groups (broad SMARTS) is 1. The molecule has 1 aliphatic carbocycles. The number of aryl methyl sites for hydroxylation is 2. The average Bonchev–Trinajstić information content (AvgIpc) is 3.08. The number of thiophene rings is 1. The van der Waals surface area contributed by atoms with Crippen LogP contribution >= 0.6 is 11.3 Å². The third-order valence-corrected chi connectivity index (χ3v) is 5.10. The Bertz CT molecular complexity index is 871. The maximum Gasteiger partial charge on any atom is 0.335 e. The van der Waals surface area contributed by atoms with E-state index in [1.165, 1.54) is 16.9 Å². The van der Waals surface area contributed by atoms with Crippen molar-refractivity contribution in [2.75, 3.05) is 5.32 Å². The van der Waals surface area contributed by atoms with Crippen molar-refractivity contribution in [3.8, 4) is 0 Å². The third-order valence-electron chi connectivity index (χ3n) is 3.90. The molecule has 0 aliphatic heterocycles. The number of benzene rings is 1. The summed E-state index contributed by atoms with van der Waals surface area (Å²) in [6, 6.07) is 6.68. The topological polar surface area (TPSA) is 75.1 Å². The second-order valence-electron chi connectivity index (χ2n) is 5.27. The molecule has 3 aromatic rings. The number of carboxylic acids is 1. The lowest BCUT2D eigenvalue weighted by atomic mass is 10.1. The number of anilines is 2. The smallest absolute Gasteiger partial charge is 0.335 e. The molecule has 6 heteroatoms. The molecule has 1 aromatic carbocycles. The van der Waals surface area contributed by atoms with Crippen LogP contribution < -0.4 is 5.32 Å². The van der Waals surface area contributed by atoms with Gasteiger partial charge in [0.2, 0.25) is 0 Å². The van der Waals surface area contributed by atoms with Gasteiger partial charge in [-0.2, -0.15) is 0 Å². The van der Waals surface area contributed by atoms with Crippen LogP contribution in [0.4, 0.5) is 11.5 Å². The summed E-state index contributed by atoms with van der Waals surface area (Å²) < 4.78 is 0. The van der Waals surface area contributed by atoms with Crippen molar-refractivity contribution >= 4 is 39.0 Å². The minimum absolute atomic E-state index is 0.273. The van der Waals surface area contributed by atoms with Gasteiger partial charge in [0.15, 0.2) is 0 Å². The fraction of sp³-hybridized carbons (Fsp3) is 0.188. The predicted molar refractivity (Wildman–Crippen MR) is 86.1 cm³/mol. The van der Waals surface area contributed by atoms with E-state index in [9.17, 15) is 4.79 Å². The maximum atomic E-state index is 10.9. The van der Waals surface area contributed by atoms with Crippen molar-refractivity contribution < 1.29 is 9.90 Å². The lowest BCUT2D eigenvalue weighted by molar-refractivity contribution is 0.0697. The van der Waals surface area contributed by atoms with Crippen LogP contribution in [0.1, 0.15) is 27.2 Å². The molecule has 0 unspecified atom stereocenters. The second kappa shape index (κ2) is 5.06. The minimum Gasteiger partial charge on any atom is -0.478 e. The third kappa shape index (κ3) is 2.12. The molecule has 1 aliphatic rings. The van der Waals surface area contributed by atoms with Crippen LogP contribution in [0.3, 0.4) is 0 Å². The van der Waals surface area contributed by atoms with E-state index in [4.69, 9.17) is 5.11 Å². The number of nitrogens with one attached hydrogen (secondary N) is 1. The minimum atomic E-state index is -0.924. The average molecular weight is 311 g/mol.